The molecule has 98 valence electrons. The van der Waals surface area contributed by atoms with E-state index in [2.05, 4.69) is 11.9 Å². The lowest BCUT2D eigenvalue weighted by atomic mass is 10.2. The highest BCUT2D eigenvalue weighted by atomic mass is 35.5. The first-order chi connectivity index (χ1) is 8.61. The zero-order valence-corrected chi connectivity index (χ0v) is 10.9. The van der Waals surface area contributed by atoms with Gasteiger partial charge in [0.15, 0.2) is 0 Å². The highest BCUT2D eigenvalue weighted by Crippen LogP contribution is 2.22. The Morgan fingerprint density at radius 2 is 2.50 bits per heavy atom. The third-order valence-corrected chi connectivity index (χ3v) is 3.29. The fourth-order valence-corrected chi connectivity index (χ4v) is 2.12. The molecule has 0 saturated carbocycles. The van der Waals surface area contributed by atoms with Crippen molar-refractivity contribution in [3.63, 3.8) is 0 Å². The Bertz CT molecular complexity index is 453. The van der Waals surface area contributed by atoms with Crippen LogP contribution in [-0.4, -0.2) is 41.9 Å². The molecule has 0 aliphatic carbocycles. The number of anilines is 1. The van der Waals surface area contributed by atoms with Gasteiger partial charge in [-0.2, -0.15) is 0 Å². The van der Waals surface area contributed by atoms with Crippen molar-refractivity contribution in [1.29, 1.82) is 0 Å². The Labute approximate surface area is 110 Å². The van der Waals surface area contributed by atoms with Crippen LogP contribution in [0.25, 0.3) is 0 Å². The Morgan fingerprint density at radius 1 is 1.72 bits per heavy atom. The minimum Gasteiger partial charge on any atom is -0.478 e. The van der Waals surface area contributed by atoms with Crippen molar-refractivity contribution in [2.45, 2.75) is 19.4 Å². The van der Waals surface area contributed by atoms with Gasteiger partial charge in [-0.3, -0.25) is 0 Å². The van der Waals surface area contributed by atoms with Crippen molar-refractivity contribution in [1.82, 2.24) is 4.98 Å². The Balaban J connectivity index is 2.22. The molecule has 1 aromatic rings. The van der Waals surface area contributed by atoms with E-state index < -0.39 is 5.97 Å². The molecule has 6 heteroatoms. The maximum absolute atomic E-state index is 11.0. The molecule has 0 aromatic carbocycles. The number of carboxylic acid groups (broad SMARTS) is 1. The first-order valence-corrected chi connectivity index (χ1v) is 6.25. The third-order valence-electron chi connectivity index (χ3n) is 2.99. The van der Waals surface area contributed by atoms with Gasteiger partial charge in [-0.05, 0) is 12.5 Å². The van der Waals surface area contributed by atoms with Gasteiger partial charge in [0.2, 0.25) is 0 Å². The molecule has 1 aliphatic rings. The number of morpholine rings is 1. The molecule has 0 spiro atoms. The number of carboxylic acids is 1. The number of nitrogens with zero attached hydrogens (tertiary/aromatic N) is 2. The van der Waals surface area contributed by atoms with E-state index >= 15 is 0 Å². The van der Waals surface area contributed by atoms with Crippen molar-refractivity contribution in [2.24, 2.45) is 0 Å². The zero-order chi connectivity index (χ0) is 13.1. The number of rotatable bonds is 3. The van der Waals surface area contributed by atoms with Crippen LogP contribution in [0.2, 0.25) is 5.02 Å². The molecular weight excluding hydrogens is 256 g/mol. The number of hydrogen-bond donors (Lipinski definition) is 1. The molecule has 2 rings (SSSR count). The minimum atomic E-state index is -1.04. The fraction of sp³-hybridized carbons (Fsp3) is 0.500. The molecule has 1 aromatic heterocycles. The summed E-state index contributed by atoms with van der Waals surface area (Å²) in [6.45, 7) is 4.13. The van der Waals surface area contributed by atoms with E-state index in [-0.39, 0.29) is 16.7 Å². The maximum Gasteiger partial charge on any atom is 0.337 e. The molecule has 5 nitrogen and oxygen atoms in total. The molecule has 1 fully saturated rings. The van der Waals surface area contributed by atoms with Gasteiger partial charge in [-0.25, -0.2) is 9.78 Å². The normalized spacial score (nSPS) is 19.9. The predicted octanol–water partition coefficient (Wildman–Crippen LogP) is 2.05. The number of carbonyl (C=O) groups is 1. The van der Waals surface area contributed by atoms with Gasteiger partial charge in [0.25, 0.3) is 0 Å². The van der Waals surface area contributed by atoms with E-state index in [1.165, 1.54) is 12.3 Å². The summed E-state index contributed by atoms with van der Waals surface area (Å²) < 4.78 is 5.57. The number of ether oxygens (including phenoxy) is 1. The molecule has 1 N–H and O–H groups in total. The summed E-state index contributed by atoms with van der Waals surface area (Å²) >= 11 is 5.80. The number of aromatic nitrogens is 1. The van der Waals surface area contributed by atoms with Crippen LogP contribution in [0.5, 0.6) is 0 Å². The smallest absolute Gasteiger partial charge is 0.337 e. The van der Waals surface area contributed by atoms with Crippen LogP contribution < -0.4 is 4.90 Å². The SMILES string of the molecule is CCC1CN(c2cc(C(=O)O)c(Cl)cn2)CCO1. The molecule has 0 bridgehead atoms. The van der Waals surface area contributed by atoms with Gasteiger partial charge in [-0.15, -0.1) is 0 Å². The van der Waals surface area contributed by atoms with Crippen LogP contribution >= 0.6 is 11.6 Å². The molecule has 18 heavy (non-hydrogen) atoms. The van der Waals surface area contributed by atoms with E-state index in [1.54, 1.807) is 0 Å². The summed E-state index contributed by atoms with van der Waals surface area (Å²) in [4.78, 5) is 17.2. The maximum atomic E-state index is 11.0. The second-order valence-corrected chi connectivity index (χ2v) is 4.58. The van der Waals surface area contributed by atoms with E-state index in [4.69, 9.17) is 21.4 Å². The van der Waals surface area contributed by atoms with Crippen molar-refractivity contribution < 1.29 is 14.6 Å². The van der Waals surface area contributed by atoms with E-state index in [0.717, 1.165) is 13.0 Å². The number of hydrogen-bond acceptors (Lipinski definition) is 4. The summed E-state index contributed by atoms with van der Waals surface area (Å²) in [5.74, 6) is -0.400. The van der Waals surface area contributed by atoms with Crippen LogP contribution in [0.15, 0.2) is 12.3 Å². The lowest BCUT2D eigenvalue weighted by molar-refractivity contribution is 0.0381. The van der Waals surface area contributed by atoms with Gasteiger partial charge in [0.05, 0.1) is 23.3 Å². The molecule has 0 amide bonds. The quantitative estimate of drug-likeness (QED) is 0.911. The molecule has 2 heterocycles. The fourth-order valence-electron chi connectivity index (χ4n) is 1.94. The molecule has 1 atom stereocenters. The molecule has 0 radical (unpaired) electrons. The topological polar surface area (TPSA) is 62.7 Å². The van der Waals surface area contributed by atoms with Crippen molar-refractivity contribution in [2.75, 3.05) is 24.6 Å². The largest absolute Gasteiger partial charge is 0.478 e. The zero-order valence-electron chi connectivity index (χ0n) is 10.1. The molecule has 1 aliphatic heterocycles. The van der Waals surface area contributed by atoms with Crippen LogP contribution in [0.4, 0.5) is 5.82 Å². The predicted molar refractivity (Wildman–Crippen MR) is 68.5 cm³/mol. The van der Waals surface area contributed by atoms with Gasteiger partial charge in [0, 0.05) is 19.3 Å². The van der Waals surface area contributed by atoms with E-state index in [1.807, 2.05) is 4.90 Å². The van der Waals surface area contributed by atoms with Crippen LogP contribution in [-0.2, 0) is 4.74 Å². The van der Waals surface area contributed by atoms with E-state index in [9.17, 15) is 4.79 Å². The van der Waals surface area contributed by atoms with Crippen LogP contribution in [0.3, 0.4) is 0 Å². The third kappa shape index (κ3) is 2.73. The van der Waals surface area contributed by atoms with Gasteiger partial charge >= 0.3 is 5.97 Å². The summed E-state index contributed by atoms with van der Waals surface area (Å²) in [6.07, 6.45) is 2.48. The number of pyridine rings is 1. The Morgan fingerprint density at radius 3 is 3.17 bits per heavy atom. The van der Waals surface area contributed by atoms with Gasteiger partial charge in [-0.1, -0.05) is 18.5 Å². The Hall–Kier alpha value is -1.33. The summed E-state index contributed by atoms with van der Waals surface area (Å²) in [5, 5.41) is 9.19. The van der Waals surface area contributed by atoms with Crippen LogP contribution in [0.1, 0.15) is 23.7 Å². The van der Waals surface area contributed by atoms with Gasteiger partial charge in [0.1, 0.15) is 5.82 Å². The first kappa shape index (κ1) is 13.1. The van der Waals surface area contributed by atoms with Crippen LogP contribution in [0, 0.1) is 0 Å². The minimum absolute atomic E-state index is 0.0845. The first-order valence-electron chi connectivity index (χ1n) is 5.87. The van der Waals surface area contributed by atoms with Crippen molar-refractivity contribution in [3.8, 4) is 0 Å². The second kappa shape index (κ2) is 5.54. The second-order valence-electron chi connectivity index (χ2n) is 4.17. The summed E-state index contributed by atoms with van der Waals surface area (Å²) in [5.41, 5.74) is 0.0845. The number of halogens is 1. The lowest BCUT2D eigenvalue weighted by Gasteiger charge is -2.33. The Kier molecular flexibility index (Phi) is 4.04. The van der Waals surface area contributed by atoms with Crippen molar-refractivity contribution in [3.05, 3.63) is 22.8 Å². The average Bonchev–Trinajstić information content (AvgIpc) is 2.39. The van der Waals surface area contributed by atoms with Crippen molar-refractivity contribution >= 4 is 23.4 Å². The lowest BCUT2D eigenvalue weighted by Crippen LogP contribution is -2.42. The molecule has 1 saturated heterocycles. The number of aromatic carboxylic acids is 1. The highest BCUT2D eigenvalue weighted by Gasteiger charge is 2.21. The molecule has 1 unspecified atom stereocenters. The summed E-state index contributed by atoms with van der Waals surface area (Å²) in [6, 6.07) is 1.52. The summed E-state index contributed by atoms with van der Waals surface area (Å²) in [7, 11) is 0. The van der Waals surface area contributed by atoms with Gasteiger partial charge < -0.3 is 14.7 Å². The van der Waals surface area contributed by atoms with E-state index in [0.29, 0.717) is 19.0 Å². The monoisotopic (exact) mass is 270 g/mol. The molecular formula is C12H15ClN2O3. The average molecular weight is 271 g/mol. The standard InChI is InChI=1S/C12H15ClN2O3/c1-2-8-7-15(3-4-18-8)11-5-9(12(16)17)10(13)6-14-11/h5-6,8H,2-4,7H2,1H3,(H,16,17). The highest BCUT2D eigenvalue weighted by molar-refractivity contribution is 6.33.